The molecule has 0 aromatic carbocycles. The number of nitrogens with zero attached hydrogens (tertiary/aromatic N) is 1. The van der Waals surface area contributed by atoms with Gasteiger partial charge in [0.1, 0.15) is 0 Å². The molecule has 0 aliphatic rings. The predicted molar refractivity (Wildman–Crippen MR) is 59.0 cm³/mol. The van der Waals surface area contributed by atoms with Gasteiger partial charge in [0.2, 0.25) is 5.91 Å². The monoisotopic (exact) mass is 201 g/mol. The maximum atomic E-state index is 11.4. The van der Waals surface area contributed by atoms with Gasteiger partial charge in [-0.15, -0.1) is 0 Å². The van der Waals surface area contributed by atoms with Crippen LogP contribution in [0.1, 0.15) is 20.8 Å². The van der Waals surface area contributed by atoms with Crippen LogP contribution in [0.25, 0.3) is 0 Å². The SMILES string of the molecule is CCN(C)CCNC(=O)[C@@H](N)C(C)C. The number of amides is 1. The molecule has 0 unspecified atom stereocenters. The van der Waals surface area contributed by atoms with Crippen molar-refractivity contribution in [1.82, 2.24) is 10.2 Å². The van der Waals surface area contributed by atoms with Crippen LogP contribution in [0.5, 0.6) is 0 Å². The molecule has 0 aromatic heterocycles. The molecule has 0 saturated carbocycles. The zero-order valence-corrected chi connectivity index (χ0v) is 9.71. The molecule has 0 aliphatic heterocycles. The van der Waals surface area contributed by atoms with Crippen molar-refractivity contribution in [1.29, 1.82) is 0 Å². The second-order valence-corrected chi connectivity index (χ2v) is 3.96. The third-order valence-electron chi connectivity index (χ3n) is 2.35. The molecule has 1 amide bonds. The van der Waals surface area contributed by atoms with Crippen molar-refractivity contribution in [2.24, 2.45) is 11.7 Å². The lowest BCUT2D eigenvalue weighted by Gasteiger charge is -2.17. The lowest BCUT2D eigenvalue weighted by Crippen LogP contribution is -2.45. The fourth-order valence-electron chi connectivity index (χ4n) is 0.949. The normalized spacial score (nSPS) is 13.4. The predicted octanol–water partition coefficient (Wildman–Crippen LogP) is 0.0376. The van der Waals surface area contributed by atoms with E-state index >= 15 is 0 Å². The van der Waals surface area contributed by atoms with Crippen molar-refractivity contribution < 1.29 is 4.79 Å². The van der Waals surface area contributed by atoms with Gasteiger partial charge in [-0.05, 0) is 19.5 Å². The van der Waals surface area contributed by atoms with Gasteiger partial charge >= 0.3 is 0 Å². The molecule has 0 bridgehead atoms. The van der Waals surface area contributed by atoms with E-state index in [-0.39, 0.29) is 17.9 Å². The highest BCUT2D eigenvalue weighted by atomic mass is 16.2. The van der Waals surface area contributed by atoms with E-state index in [1.807, 2.05) is 20.9 Å². The highest BCUT2D eigenvalue weighted by Gasteiger charge is 2.16. The molecule has 0 radical (unpaired) electrons. The molecule has 4 heteroatoms. The van der Waals surface area contributed by atoms with Crippen LogP contribution in [0, 0.1) is 5.92 Å². The van der Waals surface area contributed by atoms with Gasteiger partial charge in [0.05, 0.1) is 6.04 Å². The summed E-state index contributed by atoms with van der Waals surface area (Å²) in [5, 5.41) is 2.82. The molecule has 1 atom stereocenters. The Bertz CT molecular complexity index is 171. The van der Waals surface area contributed by atoms with E-state index in [2.05, 4.69) is 17.1 Å². The van der Waals surface area contributed by atoms with E-state index in [0.717, 1.165) is 13.1 Å². The van der Waals surface area contributed by atoms with Crippen molar-refractivity contribution in [2.75, 3.05) is 26.7 Å². The Balaban J connectivity index is 3.64. The molecule has 0 saturated heterocycles. The fourth-order valence-corrected chi connectivity index (χ4v) is 0.949. The molecule has 0 aliphatic carbocycles. The summed E-state index contributed by atoms with van der Waals surface area (Å²) in [4.78, 5) is 13.5. The summed E-state index contributed by atoms with van der Waals surface area (Å²) >= 11 is 0. The Morgan fingerprint density at radius 3 is 2.50 bits per heavy atom. The number of nitrogens with one attached hydrogen (secondary N) is 1. The van der Waals surface area contributed by atoms with Gasteiger partial charge in [-0.1, -0.05) is 20.8 Å². The van der Waals surface area contributed by atoms with Crippen LogP contribution in [-0.4, -0.2) is 43.5 Å². The highest BCUT2D eigenvalue weighted by molar-refractivity contribution is 5.81. The van der Waals surface area contributed by atoms with E-state index in [1.165, 1.54) is 0 Å². The van der Waals surface area contributed by atoms with Crippen LogP contribution in [-0.2, 0) is 4.79 Å². The van der Waals surface area contributed by atoms with Gasteiger partial charge in [-0.2, -0.15) is 0 Å². The molecule has 0 aromatic rings. The minimum Gasteiger partial charge on any atom is -0.353 e. The zero-order chi connectivity index (χ0) is 11.1. The summed E-state index contributed by atoms with van der Waals surface area (Å²) in [6.07, 6.45) is 0. The Kier molecular flexibility index (Phi) is 6.49. The first-order chi connectivity index (χ1) is 6.49. The number of carbonyl (C=O) groups is 1. The molecule has 0 rings (SSSR count). The molecular formula is C10H23N3O. The van der Waals surface area contributed by atoms with Crippen LogP contribution in [0.2, 0.25) is 0 Å². The Hall–Kier alpha value is -0.610. The largest absolute Gasteiger partial charge is 0.353 e. The third-order valence-corrected chi connectivity index (χ3v) is 2.35. The number of nitrogens with two attached hydrogens (primary N) is 1. The molecule has 0 heterocycles. The second-order valence-electron chi connectivity index (χ2n) is 3.96. The number of hydrogen-bond acceptors (Lipinski definition) is 3. The van der Waals surface area contributed by atoms with E-state index in [9.17, 15) is 4.79 Å². The molecule has 0 spiro atoms. The minimum absolute atomic E-state index is 0.0514. The summed E-state index contributed by atoms with van der Waals surface area (Å²) in [6.45, 7) is 8.51. The number of rotatable bonds is 6. The number of carbonyl (C=O) groups excluding carboxylic acids is 1. The number of hydrogen-bond donors (Lipinski definition) is 2. The molecule has 3 N–H and O–H groups in total. The van der Waals surface area contributed by atoms with Crippen molar-refractivity contribution in [2.45, 2.75) is 26.8 Å². The fraction of sp³-hybridized carbons (Fsp3) is 0.900. The maximum Gasteiger partial charge on any atom is 0.237 e. The lowest BCUT2D eigenvalue weighted by atomic mass is 10.1. The van der Waals surface area contributed by atoms with Crippen LogP contribution in [0.3, 0.4) is 0 Å². The summed E-state index contributed by atoms with van der Waals surface area (Å²) in [5.41, 5.74) is 5.68. The van der Waals surface area contributed by atoms with E-state index < -0.39 is 0 Å². The van der Waals surface area contributed by atoms with Crippen molar-refractivity contribution in [3.63, 3.8) is 0 Å². The highest BCUT2D eigenvalue weighted by Crippen LogP contribution is 1.97. The van der Waals surface area contributed by atoms with Gasteiger partial charge in [0, 0.05) is 13.1 Å². The first-order valence-corrected chi connectivity index (χ1v) is 5.20. The van der Waals surface area contributed by atoms with E-state index in [1.54, 1.807) is 0 Å². The van der Waals surface area contributed by atoms with Crippen molar-refractivity contribution >= 4 is 5.91 Å². The first kappa shape index (κ1) is 13.4. The third kappa shape index (κ3) is 5.19. The number of likely N-dealkylation sites (N-methyl/N-ethyl adjacent to an activating group) is 1. The average Bonchev–Trinajstić information content (AvgIpc) is 2.15. The molecule has 4 nitrogen and oxygen atoms in total. The van der Waals surface area contributed by atoms with Gasteiger partial charge in [-0.25, -0.2) is 0 Å². The smallest absolute Gasteiger partial charge is 0.237 e. The molecule has 0 fully saturated rings. The van der Waals surface area contributed by atoms with Crippen molar-refractivity contribution in [3.8, 4) is 0 Å². The quantitative estimate of drug-likeness (QED) is 0.638. The first-order valence-electron chi connectivity index (χ1n) is 5.20. The summed E-state index contributed by atoms with van der Waals surface area (Å²) < 4.78 is 0. The van der Waals surface area contributed by atoms with Crippen LogP contribution >= 0.6 is 0 Å². The Morgan fingerprint density at radius 1 is 1.50 bits per heavy atom. The van der Waals surface area contributed by atoms with Crippen molar-refractivity contribution in [3.05, 3.63) is 0 Å². The van der Waals surface area contributed by atoms with Crippen LogP contribution < -0.4 is 11.1 Å². The lowest BCUT2D eigenvalue weighted by molar-refractivity contribution is -0.123. The van der Waals surface area contributed by atoms with Gasteiger partial charge in [0.25, 0.3) is 0 Å². The average molecular weight is 201 g/mol. The molecular weight excluding hydrogens is 178 g/mol. The minimum atomic E-state index is -0.387. The Labute approximate surface area is 86.8 Å². The van der Waals surface area contributed by atoms with Crippen LogP contribution in [0.15, 0.2) is 0 Å². The Morgan fingerprint density at radius 2 is 2.07 bits per heavy atom. The summed E-state index contributed by atoms with van der Waals surface area (Å²) in [7, 11) is 2.02. The standard InChI is InChI=1S/C10H23N3O/c1-5-13(4)7-6-12-10(14)9(11)8(2)3/h8-9H,5-7,11H2,1-4H3,(H,12,14)/t9-/m0/s1. The summed E-state index contributed by atoms with van der Waals surface area (Å²) in [5.74, 6) is 0.142. The summed E-state index contributed by atoms with van der Waals surface area (Å²) in [6, 6.07) is -0.387. The van der Waals surface area contributed by atoms with E-state index in [4.69, 9.17) is 5.73 Å². The van der Waals surface area contributed by atoms with Gasteiger partial charge in [-0.3, -0.25) is 4.79 Å². The van der Waals surface area contributed by atoms with E-state index in [0.29, 0.717) is 6.54 Å². The van der Waals surface area contributed by atoms with Crippen LogP contribution in [0.4, 0.5) is 0 Å². The van der Waals surface area contributed by atoms with Gasteiger partial charge < -0.3 is 16.0 Å². The maximum absolute atomic E-state index is 11.4. The second kappa shape index (κ2) is 6.79. The zero-order valence-electron chi connectivity index (χ0n) is 9.71. The van der Waals surface area contributed by atoms with Gasteiger partial charge in [0.15, 0.2) is 0 Å². The molecule has 14 heavy (non-hydrogen) atoms. The molecule has 84 valence electrons. The topological polar surface area (TPSA) is 58.4 Å².